The molecule has 3 aromatic rings. The fourth-order valence-corrected chi connectivity index (χ4v) is 4.23. The summed E-state index contributed by atoms with van der Waals surface area (Å²) in [6.45, 7) is 2.49. The number of pyridine rings is 1. The quantitative estimate of drug-likeness (QED) is 0.464. The lowest BCUT2D eigenvalue weighted by molar-refractivity contribution is 0.159. The standard InChI is InChI=1S/C22H29N5O.3CH4/c1-28-19-11-5-9-17-22(19)26-20(25-17)15-27(14-3-2-12-23)18-10-4-7-16-8-6-13-24-21(16)18;;;/h5-6,8-9,11,13,18H,2-4,7,10,12,14-15,23H2,1H3,(H,25,26);3*1H4. The van der Waals surface area contributed by atoms with E-state index in [1.165, 1.54) is 17.7 Å². The summed E-state index contributed by atoms with van der Waals surface area (Å²) >= 11 is 0. The normalized spacial score (nSPS) is 14.9. The van der Waals surface area contributed by atoms with Crippen LogP contribution in [0.2, 0.25) is 0 Å². The molecule has 6 nitrogen and oxygen atoms in total. The van der Waals surface area contributed by atoms with E-state index in [-0.39, 0.29) is 22.3 Å². The Morgan fingerprint density at radius 2 is 2.00 bits per heavy atom. The number of methoxy groups -OCH3 is 1. The maximum absolute atomic E-state index is 5.74. The van der Waals surface area contributed by atoms with Crippen molar-refractivity contribution in [1.82, 2.24) is 19.9 Å². The lowest BCUT2D eigenvalue weighted by Gasteiger charge is -2.34. The molecule has 0 saturated heterocycles. The van der Waals surface area contributed by atoms with E-state index in [0.717, 1.165) is 67.9 Å². The number of nitrogens with zero attached hydrogens (tertiary/aromatic N) is 3. The number of unbranched alkanes of at least 4 members (excludes halogenated alkanes) is 1. The number of aromatic amines is 1. The van der Waals surface area contributed by atoms with Crippen LogP contribution in [-0.2, 0) is 13.0 Å². The summed E-state index contributed by atoms with van der Waals surface area (Å²) < 4.78 is 5.47. The molecule has 6 heteroatoms. The lowest BCUT2D eigenvalue weighted by atomic mass is 9.90. The molecular formula is C25H41N5O. The molecule has 0 fully saturated rings. The molecule has 3 N–H and O–H groups in total. The molecule has 4 rings (SSSR count). The van der Waals surface area contributed by atoms with Crippen LogP contribution in [0.4, 0.5) is 0 Å². The summed E-state index contributed by atoms with van der Waals surface area (Å²) in [7, 11) is 1.69. The third-order valence-corrected chi connectivity index (χ3v) is 5.60. The second kappa shape index (κ2) is 12.4. The largest absolute Gasteiger partial charge is 0.494 e. The number of benzene rings is 1. The Bertz CT molecular complexity index is 923. The zero-order chi connectivity index (χ0) is 19.3. The molecule has 0 radical (unpaired) electrons. The Morgan fingerprint density at radius 1 is 1.16 bits per heavy atom. The van der Waals surface area contributed by atoms with Gasteiger partial charge in [0.05, 0.1) is 30.9 Å². The van der Waals surface area contributed by atoms with Crippen LogP contribution in [-0.4, -0.2) is 40.1 Å². The first-order chi connectivity index (χ1) is 13.8. The first-order valence-electron chi connectivity index (χ1n) is 10.2. The molecule has 0 spiro atoms. The summed E-state index contributed by atoms with van der Waals surface area (Å²) in [5.74, 6) is 1.77. The highest BCUT2D eigenvalue weighted by molar-refractivity contribution is 5.81. The van der Waals surface area contributed by atoms with Gasteiger partial charge in [0, 0.05) is 6.20 Å². The number of H-pyrrole nitrogens is 1. The molecule has 1 unspecified atom stereocenters. The highest BCUT2D eigenvalue weighted by Gasteiger charge is 2.27. The lowest BCUT2D eigenvalue weighted by Crippen LogP contribution is -2.33. The van der Waals surface area contributed by atoms with Crippen molar-refractivity contribution in [3.05, 3.63) is 53.6 Å². The highest BCUT2D eigenvalue weighted by atomic mass is 16.5. The van der Waals surface area contributed by atoms with Crippen LogP contribution in [0.25, 0.3) is 11.0 Å². The molecule has 1 aliphatic carbocycles. The van der Waals surface area contributed by atoms with E-state index in [9.17, 15) is 0 Å². The summed E-state index contributed by atoms with van der Waals surface area (Å²) in [4.78, 5) is 15.6. The topological polar surface area (TPSA) is 80.1 Å². The number of rotatable bonds is 8. The molecule has 0 saturated carbocycles. The SMILES string of the molecule is C.C.C.COc1cccc2[nH]c(CN(CCCCN)C3CCCc4cccnc43)nc12. The van der Waals surface area contributed by atoms with Gasteiger partial charge < -0.3 is 15.5 Å². The third-order valence-electron chi connectivity index (χ3n) is 5.60. The van der Waals surface area contributed by atoms with E-state index in [4.69, 9.17) is 20.4 Å². The van der Waals surface area contributed by atoms with E-state index in [0.29, 0.717) is 6.04 Å². The Hall–Kier alpha value is -2.44. The van der Waals surface area contributed by atoms with Crippen LogP contribution in [0.15, 0.2) is 36.5 Å². The number of nitrogens with one attached hydrogen (secondary N) is 1. The molecule has 0 amide bonds. The van der Waals surface area contributed by atoms with Crippen molar-refractivity contribution in [3.63, 3.8) is 0 Å². The van der Waals surface area contributed by atoms with E-state index < -0.39 is 0 Å². The molecule has 2 heterocycles. The van der Waals surface area contributed by atoms with Crippen molar-refractivity contribution in [3.8, 4) is 5.75 Å². The molecular weight excluding hydrogens is 386 g/mol. The Kier molecular flexibility index (Phi) is 10.7. The fraction of sp³-hybridized carbons (Fsp3) is 0.520. The second-order valence-corrected chi connectivity index (χ2v) is 7.46. The van der Waals surface area contributed by atoms with Gasteiger partial charge in [-0.1, -0.05) is 34.4 Å². The molecule has 1 aliphatic rings. The number of hydrogen-bond acceptors (Lipinski definition) is 5. The van der Waals surface area contributed by atoms with Gasteiger partial charge >= 0.3 is 0 Å². The first kappa shape index (κ1) is 26.6. The molecule has 1 aromatic carbocycles. The minimum Gasteiger partial charge on any atom is -0.494 e. The van der Waals surface area contributed by atoms with Crippen molar-refractivity contribution in [2.75, 3.05) is 20.2 Å². The van der Waals surface area contributed by atoms with E-state index in [1.807, 2.05) is 30.5 Å². The Labute approximate surface area is 188 Å². The van der Waals surface area contributed by atoms with Gasteiger partial charge in [-0.3, -0.25) is 9.88 Å². The number of para-hydroxylation sites is 1. The molecule has 172 valence electrons. The predicted molar refractivity (Wildman–Crippen MR) is 131 cm³/mol. The Balaban J connectivity index is 0.00000160. The average molecular weight is 428 g/mol. The smallest absolute Gasteiger partial charge is 0.146 e. The maximum atomic E-state index is 5.74. The van der Waals surface area contributed by atoms with E-state index >= 15 is 0 Å². The predicted octanol–water partition coefficient (Wildman–Crippen LogP) is 5.49. The number of fused-ring (bicyclic) bond motifs is 2. The molecule has 0 aliphatic heterocycles. The highest BCUT2D eigenvalue weighted by Crippen LogP contribution is 2.34. The zero-order valence-corrected chi connectivity index (χ0v) is 16.5. The van der Waals surface area contributed by atoms with Gasteiger partial charge in [0.25, 0.3) is 0 Å². The molecule has 31 heavy (non-hydrogen) atoms. The van der Waals surface area contributed by atoms with Crippen LogP contribution >= 0.6 is 0 Å². The second-order valence-electron chi connectivity index (χ2n) is 7.46. The van der Waals surface area contributed by atoms with Crippen molar-refractivity contribution in [2.24, 2.45) is 5.73 Å². The number of hydrogen-bond donors (Lipinski definition) is 2. The number of imidazole rings is 1. The summed E-state index contributed by atoms with van der Waals surface area (Å²) in [6, 6.07) is 10.6. The van der Waals surface area contributed by atoms with Gasteiger partial charge in [0.1, 0.15) is 17.1 Å². The summed E-state index contributed by atoms with van der Waals surface area (Å²) in [5, 5.41) is 0. The number of aryl methyl sites for hydroxylation is 1. The minimum atomic E-state index is 0. The molecule has 1 atom stereocenters. The summed E-state index contributed by atoms with van der Waals surface area (Å²) in [5.41, 5.74) is 10.3. The zero-order valence-electron chi connectivity index (χ0n) is 16.5. The third kappa shape index (κ3) is 5.83. The average Bonchev–Trinajstić information content (AvgIpc) is 3.15. The number of ether oxygens (including phenoxy) is 1. The van der Waals surface area contributed by atoms with Gasteiger partial charge in [0.2, 0.25) is 0 Å². The first-order valence-corrected chi connectivity index (χ1v) is 10.2. The van der Waals surface area contributed by atoms with Crippen LogP contribution in [0, 0.1) is 0 Å². The molecule has 0 bridgehead atoms. The van der Waals surface area contributed by atoms with Crippen LogP contribution in [0.5, 0.6) is 5.75 Å². The molecule has 2 aromatic heterocycles. The van der Waals surface area contributed by atoms with E-state index in [2.05, 4.69) is 16.0 Å². The van der Waals surface area contributed by atoms with Gasteiger partial charge in [-0.2, -0.15) is 0 Å². The fourth-order valence-electron chi connectivity index (χ4n) is 4.23. The Morgan fingerprint density at radius 3 is 2.77 bits per heavy atom. The minimum absolute atomic E-state index is 0. The summed E-state index contributed by atoms with van der Waals surface area (Å²) in [6.07, 6.45) is 7.49. The van der Waals surface area contributed by atoms with Gasteiger partial charge in [-0.15, -0.1) is 0 Å². The van der Waals surface area contributed by atoms with Crippen molar-refractivity contribution < 1.29 is 4.74 Å². The van der Waals surface area contributed by atoms with E-state index in [1.54, 1.807) is 7.11 Å². The monoisotopic (exact) mass is 427 g/mol. The van der Waals surface area contributed by atoms with Crippen LogP contribution < -0.4 is 10.5 Å². The van der Waals surface area contributed by atoms with Crippen molar-refractivity contribution in [1.29, 1.82) is 0 Å². The van der Waals surface area contributed by atoms with Crippen LogP contribution in [0.3, 0.4) is 0 Å². The number of aromatic nitrogens is 3. The van der Waals surface area contributed by atoms with Gasteiger partial charge in [-0.05, 0) is 69.0 Å². The van der Waals surface area contributed by atoms with Gasteiger partial charge in [0.15, 0.2) is 0 Å². The van der Waals surface area contributed by atoms with Crippen molar-refractivity contribution >= 4 is 11.0 Å². The van der Waals surface area contributed by atoms with Crippen LogP contribution in [0.1, 0.15) is 71.1 Å². The maximum Gasteiger partial charge on any atom is 0.146 e. The van der Waals surface area contributed by atoms with Gasteiger partial charge in [-0.25, -0.2) is 4.98 Å². The number of nitrogens with two attached hydrogens (primary N) is 1. The van der Waals surface area contributed by atoms with Crippen molar-refractivity contribution in [2.45, 2.75) is 67.0 Å².